The second kappa shape index (κ2) is 6.64. The zero-order valence-corrected chi connectivity index (χ0v) is 12.8. The fraction of sp³-hybridized carbons (Fsp3) is 0.600. The number of hydrogen-bond donors (Lipinski definition) is 1. The number of rotatable bonds is 4. The molecule has 0 bridgehead atoms. The van der Waals surface area contributed by atoms with Crippen molar-refractivity contribution in [3.8, 4) is 0 Å². The highest BCUT2D eigenvalue weighted by atomic mass is 32.2. The van der Waals surface area contributed by atoms with Crippen LogP contribution in [0.5, 0.6) is 0 Å². The molecular weight excluding hydrogens is 258 g/mol. The third kappa shape index (κ3) is 3.88. The maximum atomic E-state index is 12.6. The second-order valence-corrected chi connectivity index (χ2v) is 6.97. The monoisotopic (exact) mass is 281 g/mol. The molecule has 19 heavy (non-hydrogen) atoms. The fourth-order valence-corrected chi connectivity index (χ4v) is 4.32. The molecule has 0 spiro atoms. The van der Waals surface area contributed by atoms with Crippen LogP contribution in [0.2, 0.25) is 0 Å². The van der Waals surface area contributed by atoms with E-state index in [9.17, 15) is 4.21 Å². The van der Waals surface area contributed by atoms with Crippen molar-refractivity contribution in [1.82, 2.24) is 5.32 Å². The maximum Gasteiger partial charge on any atom is 0.0738 e. The van der Waals surface area contributed by atoms with Crippen molar-refractivity contribution in [2.75, 3.05) is 20.3 Å². The van der Waals surface area contributed by atoms with Gasteiger partial charge in [-0.15, -0.1) is 0 Å². The van der Waals surface area contributed by atoms with Crippen LogP contribution < -0.4 is 5.32 Å². The summed E-state index contributed by atoms with van der Waals surface area (Å²) in [5.74, 6) is 0.620. The first-order valence-electron chi connectivity index (χ1n) is 6.79. The van der Waals surface area contributed by atoms with Gasteiger partial charge in [0.25, 0.3) is 0 Å². The molecule has 0 aromatic heterocycles. The maximum absolute atomic E-state index is 12.6. The predicted octanol–water partition coefficient (Wildman–Crippen LogP) is 1.93. The van der Waals surface area contributed by atoms with Gasteiger partial charge in [0.1, 0.15) is 0 Å². The van der Waals surface area contributed by atoms with Crippen LogP contribution in [0.3, 0.4) is 0 Å². The molecule has 1 aromatic rings. The molecule has 1 fully saturated rings. The standard InChI is InChI=1S/C15H23NO2S/c1-11-6-12(2)8-13(7-11)10-19(17)15-9-18-5-4-14(15)16-3/h6-8,14-16H,4-5,9-10H2,1-3H3. The largest absolute Gasteiger partial charge is 0.380 e. The number of nitrogens with one attached hydrogen (secondary N) is 1. The lowest BCUT2D eigenvalue weighted by Gasteiger charge is -2.30. The molecule has 106 valence electrons. The Labute approximate surface area is 118 Å². The fourth-order valence-electron chi connectivity index (χ4n) is 2.72. The summed E-state index contributed by atoms with van der Waals surface area (Å²) in [4.78, 5) is 0. The molecule has 3 atom stereocenters. The van der Waals surface area contributed by atoms with Gasteiger partial charge in [-0.2, -0.15) is 0 Å². The number of aryl methyl sites for hydroxylation is 2. The molecule has 1 heterocycles. The molecule has 4 heteroatoms. The van der Waals surface area contributed by atoms with Crippen LogP contribution in [0.25, 0.3) is 0 Å². The van der Waals surface area contributed by atoms with Crippen molar-refractivity contribution in [2.24, 2.45) is 0 Å². The average molecular weight is 281 g/mol. The number of benzene rings is 1. The molecule has 0 aliphatic carbocycles. The van der Waals surface area contributed by atoms with Crippen molar-refractivity contribution in [3.63, 3.8) is 0 Å². The number of hydrogen-bond acceptors (Lipinski definition) is 3. The van der Waals surface area contributed by atoms with Crippen molar-refractivity contribution in [3.05, 3.63) is 34.9 Å². The van der Waals surface area contributed by atoms with E-state index >= 15 is 0 Å². The van der Waals surface area contributed by atoms with Crippen molar-refractivity contribution >= 4 is 10.8 Å². The van der Waals surface area contributed by atoms with Crippen LogP contribution in [0.4, 0.5) is 0 Å². The smallest absolute Gasteiger partial charge is 0.0738 e. The van der Waals surface area contributed by atoms with E-state index in [0.717, 1.165) is 18.6 Å². The van der Waals surface area contributed by atoms with Gasteiger partial charge in [0, 0.05) is 29.2 Å². The minimum atomic E-state index is -0.891. The SMILES string of the molecule is CNC1CCOCC1S(=O)Cc1cc(C)cc(C)c1. The molecule has 1 N–H and O–H groups in total. The van der Waals surface area contributed by atoms with Gasteiger partial charge in [0.15, 0.2) is 0 Å². The number of ether oxygens (including phenoxy) is 1. The van der Waals surface area contributed by atoms with Gasteiger partial charge >= 0.3 is 0 Å². The summed E-state index contributed by atoms with van der Waals surface area (Å²) in [5.41, 5.74) is 3.63. The Morgan fingerprint density at radius 2 is 2.00 bits per heavy atom. The van der Waals surface area contributed by atoms with E-state index in [-0.39, 0.29) is 5.25 Å². The predicted molar refractivity (Wildman–Crippen MR) is 79.8 cm³/mol. The Morgan fingerprint density at radius 1 is 1.32 bits per heavy atom. The Hall–Kier alpha value is -0.710. The summed E-state index contributed by atoms with van der Waals surface area (Å²) in [5, 5.41) is 3.37. The Morgan fingerprint density at radius 3 is 2.63 bits per heavy atom. The summed E-state index contributed by atoms with van der Waals surface area (Å²) in [6.07, 6.45) is 0.944. The van der Waals surface area contributed by atoms with Crippen LogP contribution in [-0.4, -0.2) is 35.8 Å². The Kier molecular flexibility index (Phi) is 5.13. The molecule has 3 nitrogen and oxygen atoms in total. The van der Waals surface area contributed by atoms with Crippen molar-refractivity contribution in [2.45, 2.75) is 37.3 Å². The zero-order valence-electron chi connectivity index (χ0n) is 11.9. The summed E-state index contributed by atoms with van der Waals surface area (Å²) < 4.78 is 18.0. The van der Waals surface area contributed by atoms with Crippen molar-refractivity contribution < 1.29 is 8.95 Å². The molecule has 1 saturated heterocycles. The van der Waals surface area contributed by atoms with Crippen molar-refractivity contribution in [1.29, 1.82) is 0 Å². The van der Waals surface area contributed by atoms with E-state index in [1.807, 2.05) is 7.05 Å². The topological polar surface area (TPSA) is 38.3 Å². The van der Waals surface area contributed by atoms with Crippen LogP contribution in [-0.2, 0) is 21.3 Å². The van der Waals surface area contributed by atoms with E-state index in [4.69, 9.17) is 4.74 Å². The van der Waals surface area contributed by atoms with Crippen LogP contribution in [0.15, 0.2) is 18.2 Å². The Balaban J connectivity index is 2.07. The summed E-state index contributed by atoms with van der Waals surface area (Å²) >= 11 is 0. The highest BCUT2D eigenvalue weighted by molar-refractivity contribution is 7.84. The molecular formula is C15H23NO2S. The van der Waals surface area contributed by atoms with Gasteiger partial charge in [-0.25, -0.2) is 0 Å². The zero-order chi connectivity index (χ0) is 13.8. The minimum Gasteiger partial charge on any atom is -0.380 e. The average Bonchev–Trinajstić information content (AvgIpc) is 2.37. The van der Waals surface area contributed by atoms with Gasteiger partial charge in [-0.3, -0.25) is 4.21 Å². The lowest BCUT2D eigenvalue weighted by Crippen LogP contribution is -2.47. The van der Waals surface area contributed by atoms with E-state index in [1.165, 1.54) is 11.1 Å². The van der Waals surface area contributed by atoms with Crippen LogP contribution in [0, 0.1) is 13.8 Å². The first-order valence-corrected chi connectivity index (χ1v) is 8.17. The Bertz CT molecular complexity index is 441. The highest BCUT2D eigenvalue weighted by Crippen LogP contribution is 2.18. The minimum absolute atomic E-state index is 0.0968. The van der Waals surface area contributed by atoms with Gasteiger partial charge in [-0.05, 0) is 32.9 Å². The molecule has 1 aromatic carbocycles. The highest BCUT2D eigenvalue weighted by Gasteiger charge is 2.29. The van der Waals surface area contributed by atoms with E-state index in [1.54, 1.807) is 0 Å². The van der Waals surface area contributed by atoms with E-state index < -0.39 is 10.8 Å². The van der Waals surface area contributed by atoms with Gasteiger partial charge in [0.2, 0.25) is 0 Å². The lowest BCUT2D eigenvalue weighted by molar-refractivity contribution is 0.0838. The lowest BCUT2D eigenvalue weighted by atomic mass is 10.1. The normalized spacial score (nSPS) is 25.2. The van der Waals surface area contributed by atoms with Gasteiger partial charge < -0.3 is 10.1 Å². The quantitative estimate of drug-likeness (QED) is 0.916. The molecule has 0 amide bonds. The molecule has 1 aliphatic rings. The van der Waals surface area contributed by atoms with E-state index in [2.05, 4.69) is 37.4 Å². The molecule has 1 aliphatic heterocycles. The van der Waals surface area contributed by atoms with E-state index in [0.29, 0.717) is 18.4 Å². The summed E-state index contributed by atoms with van der Waals surface area (Å²) in [6.45, 7) is 5.53. The third-order valence-corrected chi connectivity index (χ3v) is 5.36. The molecule has 2 rings (SSSR count). The van der Waals surface area contributed by atoms with Crippen LogP contribution in [0.1, 0.15) is 23.1 Å². The molecule has 0 saturated carbocycles. The van der Waals surface area contributed by atoms with Gasteiger partial charge in [0.05, 0.1) is 11.9 Å². The first kappa shape index (κ1) is 14.7. The molecule has 3 unspecified atom stereocenters. The third-order valence-electron chi connectivity index (χ3n) is 3.60. The second-order valence-electron chi connectivity index (χ2n) is 5.32. The summed E-state index contributed by atoms with van der Waals surface area (Å²) in [7, 11) is 1.05. The summed E-state index contributed by atoms with van der Waals surface area (Å²) in [6, 6.07) is 6.71. The first-order chi connectivity index (χ1) is 9.10. The molecule has 0 radical (unpaired) electrons. The van der Waals surface area contributed by atoms with Crippen LogP contribution >= 0.6 is 0 Å². The van der Waals surface area contributed by atoms with Gasteiger partial charge in [-0.1, -0.05) is 29.3 Å².